The fourth-order valence-corrected chi connectivity index (χ4v) is 3.72. The number of halogens is 1. The van der Waals surface area contributed by atoms with Crippen molar-refractivity contribution >= 4 is 29.3 Å². The number of rotatable bonds is 1. The Bertz CT molecular complexity index is 629. The first kappa shape index (κ1) is 12.6. The maximum Gasteiger partial charge on any atom is 0.252 e. The summed E-state index contributed by atoms with van der Waals surface area (Å²) in [4.78, 5) is 13.0. The largest absolute Gasteiger partial charge is 0.351 e. The van der Waals surface area contributed by atoms with Gasteiger partial charge in [0.1, 0.15) is 0 Å². The number of carbonyl (C=O) groups excluding carboxylic acids is 1. The van der Waals surface area contributed by atoms with Crippen LogP contribution in [0.4, 0.5) is 0 Å². The molecule has 0 radical (unpaired) electrons. The Balaban J connectivity index is 2.00. The Morgan fingerprint density at radius 3 is 2.68 bits per heavy atom. The molecule has 0 aromatic heterocycles. The summed E-state index contributed by atoms with van der Waals surface area (Å²) in [5, 5.41) is 3.84. The monoisotopic (exact) mass is 289 g/mol. The average Bonchev–Trinajstić information content (AvgIpc) is 2.60. The molecule has 19 heavy (non-hydrogen) atoms. The number of carbonyl (C=O) groups is 1. The van der Waals surface area contributed by atoms with E-state index in [1.54, 1.807) is 11.8 Å². The zero-order valence-corrected chi connectivity index (χ0v) is 11.7. The highest BCUT2D eigenvalue weighted by Gasteiger charge is 2.23. The molecule has 3 rings (SSSR count). The van der Waals surface area contributed by atoms with Gasteiger partial charge < -0.3 is 5.32 Å². The smallest absolute Gasteiger partial charge is 0.252 e. The number of hydrogen-bond acceptors (Lipinski definition) is 2. The second kappa shape index (κ2) is 5.27. The lowest BCUT2D eigenvalue weighted by molar-refractivity contribution is 0.0952. The molecule has 4 heteroatoms. The predicted molar refractivity (Wildman–Crippen MR) is 78.8 cm³/mol. The zero-order valence-electron chi connectivity index (χ0n) is 10.1. The molecule has 1 aliphatic heterocycles. The van der Waals surface area contributed by atoms with Crippen molar-refractivity contribution in [3.8, 4) is 0 Å². The molecule has 0 bridgehead atoms. The summed E-state index contributed by atoms with van der Waals surface area (Å²) >= 11 is 7.93. The van der Waals surface area contributed by atoms with Crippen molar-refractivity contribution in [2.75, 3.05) is 6.54 Å². The summed E-state index contributed by atoms with van der Waals surface area (Å²) in [6, 6.07) is 15.5. The van der Waals surface area contributed by atoms with Crippen LogP contribution in [0.25, 0.3) is 0 Å². The molecular formula is C15H12ClNOS. The van der Waals surface area contributed by atoms with Gasteiger partial charge in [-0.3, -0.25) is 4.79 Å². The van der Waals surface area contributed by atoms with Crippen molar-refractivity contribution in [3.63, 3.8) is 0 Å². The van der Waals surface area contributed by atoms with Crippen LogP contribution >= 0.6 is 23.4 Å². The quantitative estimate of drug-likeness (QED) is 0.862. The van der Waals surface area contributed by atoms with Crippen molar-refractivity contribution in [1.29, 1.82) is 0 Å². The summed E-state index contributed by atoms with van der Waals surface area (Å²) in [5.74, 6) is -0.0161. The molecule has 2 aromatic rings. The normalized spacial score (nSPS) is 18.4. The van der Waals surface area contributed by atoms with Crippen molar-refractivity contribution < 1.29 is 4.79 Å². The third kappa shape index (κ3) is 2.48. The van der Waals surface area contributed by atoms with Crippen molar-refractivity contribution in [1.82, 2.24) is 5.32 Å². The summed E-state index contributed by atoms with van der Waals surface area (Å²) < 4.78 is 0. The fourth-order valence-electron chi connectivity index (χ4n) is 2.14. The van der Waals surface area contributed by atoms with Gasteiger partial charge in [-0.2, -0.15) is 0 Å². The van der Waals surface area contributed by atoms with E-state index in [0.29, 0.717) is 6.54 Å². The fraction of sp³-hybridized carbons (Fsp3) is 0.133. The van der Waals surface area contributed by atoms with Gasteiger partial charge in [0, 0.05) is 16.5 Å². The van der Waals surface area contributed by atoms with E-state index in [-0.39, 0.29) is 11.2 Å². The average molecular weight is 290 g/mol. The van der Waals surface area contributed by atoms with Crippen LogP contribution in [0.2, 0.25) is 5.02 Å². The summed E-state index contributed by atoms with van der Waals surface area (Å²) in [6.07, 6.45) is 0. The molecule has 0 fully saturated rings. The molecule has 96 valence electrons. The number of amides is 1. The Morgan fingerprint density at radius 2 is 1.84 bits per heavy atom. The van der Waals surface area contributed by atoms with Gasteiger partial charge in [0.15, 0.2) is 0 Å². The Labute approximate surface area is 121 Å². The van der Waals surface area contributed by atoms with E-state index in [4.69, 9.17) is 11.6 Å². The summed E-state index contributed by atoms with van der Waals surface area (Å²) in [7, 11) is 0. The first-order valence-electron chi connectivity index (χ1n) is 6.04. The molecule has 2 nitrogen and oxygen atoms in total. The highest BCUT2D eigenvalue weighted by Crippen LogP contribution is 2.40. The number of thioether (sulfide) groups is 1. The Kier molecular flexibility index (Phi) is 3.49. The van der Waals surface area contributed by atoms with Crippen LogP contribution < -0.4 is 5.32 Å². The van der Waals surface area contributed by atoms with Gasteiger partial charge in [-0.1, -0.05) is 41.9 Å². The van der Waals surface area contributed by atoms with Crippen LogP contribution in [0.3, 0.4) is 0 Å². The maximum atomic E-state index is 12.0. The van der Waals surface area contributed by atoms with E-state index >= 15 is 0 Å². The highest BCUT2D eigenvalue weighted by molar-refractivity contribution is 7.99. The second-order valence-electron chi connectivity index (χ2n) is 4.33. The molecule has 1 N–H and O–H groups in total. The molecule has 0 saturated carbocycles. The Morgan fingerprint density at radius 1 is 1.11 bits per heavy atom. The third-order valence-electron chi connectivity index (χ3n) is 3.10. The van der Waals surface area contributed by atoms with Crippen molar-refractivity contribution in [2.24, 2.45) is 0 Å². The summed E-state index contributed by atoms with van der Waals surface area (Å²) in [5.41, 5.74) is 1.80. The number of nitrogens with one attached hydrogen (secondary N) is 1. The molecular weight excluding hydrogens is 278 g/mol. The van der Waals surface area contributed by atoms with E-state index in [2.05, 4.69) is 5.32 Å². The maximum absolute atomic E-state index is 12.0. The van der Waals surface area contributed by atoms with Gasteiger partial charge in [-0.25, -0.2) is 0 Å². The molecule has 1 unspecified atom stereocenters. The van der Waals surface area contributed by atoms with Crippen LogP contribution in [0.15, 0.2) is 53.4 Å². The minimum atomic E-state index is -0.0161. The lowest BCUT2D eigenvalue weighted by atomic mass is 10.1. The minimum Gasteiger partial charge on any atom is -0.351 e. The van der Waals surface area contributed by atoms with E-state index in [9.17, 15) is 4.79 Å². The molecule has 1 amide bonds. The topological polar surface area (TPSA) is 29.1 Å². The van der Waals surface area contributed by atoms with Gasteiger partial charge in [0.25, 0.3) is 5.91 Å². The van der Waals surface area contributed by atoms with Crippen LogP contribution in [-0.4, -0.2) is 12.5 Å². The molecule has 0 saturated heterocycles. The molecule has 1 atom stereocenters. The van der Waals surface area contributed by atoms with Gasteiger partial charge in [-0.05, 0) is 23.8 Å². The molecule has 1 aliphatic rings. The van der Waals surface area contributed by atoms with E-state index < -0.39 is 0 Å². The highest BCUT2D eigenvalue weighted by atomic mass is 35.5. The molecule has 0 spiro atoms. The standard InChI is InChI=1S/C15H12ClNOS/c16-12-7-3-1-5-10(12)14-9-17-15(18)11-6-2-4-8-13(11)19-14/h1-8,14H,9H2,(H,17,18). The number of benzene rings is 2. The molecule has 0 aliphatic carbocycles. The Hall–Kier alpha value is -1.45. The molecule has 1 heterocycles. The van der Waals surface area contributed by atoms with Crippen molar-refractivity contribution in [2.45, 2.75) is 10.1 Å². The summed E-state index contributed by atoms with van der Waals surface area (Å²) in [6.45, 7) is 0.585. The predicted octanol–water partition coefficient (Wildman–Crippen LogP) is 3.92. The van der Waals surface area contributed by atoms with Crippen LogP contribution in [0.1, 0.15) is 21.2 Å². The number of hydrogen-bond donors (Lipinski definition) is 1. The van der Waals surface area contributed by atoms with E-state index in [0.717, 1.165) is 21.0 Å². The first-order valence-corrected chi connectivity index (χ1v) is 7.30. The third-order valence-corrected chi connectivity index (χ3v) is 4.76. The zero-order chi connectivity index (χ0) is 13.2. The second-order valence-corrected chi connectivity index (χ2v) is 5.99. The van der Waals surface area contributed by atoms with Crippen LogP contribution in [-0.2, 0) is 0 Å². The van der Waals surface area contributed by atoms with Gasteiger partial charge >= 0.3 is 0 Å². The van der Waals surface area contributed by atoms with Gasteiger partial charge in [-0.15, -0.1) is 11.8 Å². The van der Waals surface area contributed by atoms with Crippen LogP contribution in [0.5, 0.6) is 0 Å². The van der Waals surface area contributed by atoms with E-state index in [1.807, 2.05) is 48.5 Å². The SMILES string of the molecule is O=C1NCC(c2ccccc2Cl)Sc2ccccc21. The van der Waals surface area contributed by atoms with Crippen LogP contribution in [0, 0.1) is 0 Å². The lowest BCUT2D eigenvalue weighted by Gasteiger charge is -2.15. The first-order chi connectivity index (χ1) is 9.25. The number of fused-ring (bicyclic) bond motifs is 1. The van der Waals surface area contributed by atoms with Crippen molar-refractivity contribution in [3.05, 3.63) is 64.7 Å². The van der Waals surface area contributed by atoms with Gasteiger partial charge in [0.2, 0.25) is 0 Å². The molecule has 2 aromatic carbocycles. The lowest BCUT2D eigenvalue weighted by Crippen LogP contribution is -2.25. The van der Waals surface area contributed by atoms with E-state index in [1.165, 1.54) is 0 Å². The minimum absolute atomic E-state index is 0.0161. The van der Waals surface area contributed by atoms with Gasteiger partial charge in [0.05, 0.1) is 10.8 Å².